The van der Waals surface area contributed by atoms with Gasteiger partial charge in [-0.25, -0.2) is 0 Å². The Kier molecular flexibility index (Phi) is 2.31. The van der Waals surface area contributed by atoms with E-state index in [1.165, 1.54) is 0 Å². The summed E-state index contributed by atoms with van der Waals surface area (Å²) in [6.45, 7) is 3.50. The van der Waals surface area contributed by atoms with Crippen molar-refractivity contribution in [3.05, 3.63) is 30.2 Å². The Labute approximate surface area is 97.2 Å². The van der Waals surface area contributed by atoms with Crippen molar-refractivity contribution in [2.45, 2.75) is 26.4 Å². The van der Waals surface area contributed by atoms with Gasteiger partial charge in [-0.2, -0.15) is 0 Å². The number of aliphatic hydroxyl groups excluding tert-OH is 1. The Bertz CT molecular complexity index is 504. The van der Waals surface area contributed by atoms with E-state index in [9.17, 15) is 9.90 Å². The number of carbonyl (C=O) groups excluding carboxylic acids is 1. The molecule has 1 aromatic rings. The molecule has 0 bridgehead atoms. The molecule has 3 heteroatoms. The summed E-state index contributed by atoms with van der Waals surface area (Å²) in [4.78, 5) is 11.7. The lowest BCUT2D eigenvalue weighted by molar-refractivity contribution is -0.118. The standard InChI is InChI=1S/C12H17NO2/c1-9(2)11(14)8-12(15)13-10-6-4-3-5-7-10/h3-7,9,11,14H,8H2,1-2H3,(H,13,15)/i3D,4D,5D,6D,7D. The first-order valence-corrected chi connectivity index (χ1v) is 4.71. The molecule has 3 nitrogen and oxygen atoms in total. The summed E-state index contributed by atoms with van der Waals surface area (Å²) < 4.78 is 37.7. The molecule has 0 fully saturated rings. The first-order chi connectivity index (χ1) is 9.16. The van der Waals surface area contributed by atoms with Gasteiger partial charge >= 0.3 is 0 Å². The quantitative estimate of drug-likeness (QED) is 0.802. The molecule has 1 unspecified atom stereocenters. The summed E-state index contributed by atoms with van der Waals surface area (Å²) >= 11 is 0. The lowest BCUT2D eigenvalue weighted by Gasteiger charge is -2.13. The highest BCUT2D eigenvalue weighted by atomic mass is 16.3. The number of carbonyl (C=O) groups is 1. The van der Waals surface area contributed by atoms with E-state index in [1.807, 2.05) is 0 Å². The zero-order valence-corrected chi connectivity index (χ0v) is 8.72. The monoisotopic (exact) mass is 212 g/mol. The maximum absolute atomic E-state index is 11.7. The second kappa shape index (κ2) is 5.51. The molecule has 0 saturated heterocycles. The second-order valence-electron chi connectivity index (χ2n) is 3.56. The zero-order valence-electron chi connectivity index (χ0n) is 13.7. The highest BCUT2D eigenvalue weighted by Gasteiger charge is 2.13. The molecular formula is C12H17NO2. The largest absolute Gasteiger partial charge is 0.392 e. The van der Waals surface area contributed by atoms with Gasteiger partial charge in [-0.1, -0.05) is 32.0 Å². The van der Waals surface area contributed by atoms with Crippen molar-refractivity contribution >= 4 is 11.6 Å². The lowest BCUT2D eigenvalue weighted by atomic mass is 10.0. The molecule has 2 N–H and O–H groups in total. The van der Waals surface area contributed by atoms with Crippen LogP contribution in [-0.4, -0.2) is 17.1 Å². The molecule has 0 heterocycles. The number of hydrogen-bond acceptors (Lipinski definition) is 2. The van der Waals surface area contributed by atoms with E-state index in [-0.39, 0.29) is 18.0 Å². The SMILES string of the molecule is [2H]c1c([2H])c([2H])c(NC(=O)CC(O)C(C)C)c([2H])c1[2H]. The molecule has 1 rings (SSSR count). The van der Waals surface area contributed by atoms with Crippen LogP contribution in [0.2, 0.25) is 0 Å². The van der Waals surface area contributed by atoms with Crippen LogP contribution in [0.25, 0.3) is 0 Å². The van der Waals surface area contributed by atoms with Crippen LogP contribution in [0.5, 0.6) is 0 Å². The Balaban J connectivity index is 3.02. The van der Waals surface area contributed by atoms with Crippen LogP contribution >= 0.6 is 0 Å². The van der Waals surface area contributed by atoms with Crippen LogP contribution < -0.4 is 5.32 Å². The van der Waals surface area contributed by atoms with Gasteiger partial charge in [0.25, 0.3) is 0 Å². The molecule has 1 amide bonds. The number of benzene rings is 1. The van der Waals surface area contributed by atoms with Crippen LogP contribution in [0, 0.1) is 5.92 Å². The summed E-state index contributed by atoms with van der Waals surface area (Å²) in [7, 11) is 0. The average Bonchev–Trinajstić information content (AvgIpc) is 2.39. The van der Waals surface area contributed by atoms with E-state index in [0.717, 1.165) is 0 Å². The van der Waals surface area contributed by atoms with E-state index in [1.54, 1.807) is 13.8 Å². The van der Waals surface area contributed by atoms with Gasteiger partial charge in [0.15, 0.2) is 0 Å². The van der Waals surface area contributed by atoms with Crippen molar-refractivity contribution in [3.8, 4) is 0 Å². The second-order valence-corrected chi connectivity index (χ2v) is 3.56. The fourth-order valence-corrected chi connectivity index (χ4v) is 0.929. The zero-order chi connectivity index (χ0) is 15.6. The molecule has 0 aromatic heterocycles. The number of aliphatic hydroxyl groups is 1. The van der Waals surface area contributed by atoms with Crippen molar-refractivity contribution < 1.29 is 16.8 Å². The van der Waals surface area contributed by atoms with Crippen molar-refractivity contribution in [1.82, 2.24) is 0 Å². The predicted octanol–water partition coefficient (Wildman–Crippen LogP) is 2.03. The summed E-state index contributed by atoms with van der Waals surface area (Å²) in [5, 5.41) is 11.9. The summed E-state index contributed by atoms with van der Waals surface area (Å²) in [6, 6.07) is -2.47. The molecule has 0 saturated carbocycles. The van der Waals surface area contributed by atoms with Gasteiger partial charge in [-0.05, 0) is 18.0 Å². The number of anilines is 1. The first-order valence-electron chi connectivity index (χ1n) is 7.21. The molecule has 0 aliphatic heterocycles. The normalized spacial score (nSPS) is 17.2. The van der Waals surface area contributed by atoms with Crippen LogP contribution in [0.15, 0.2) is 30.2 Å². The minimum absolute atomic E-state index is 0.110. The van der Waals surface area contributed by atoms with E-state index in [4.69, 9.17) is 6.85 Å². The molecule has 0 aliphatic carbocycles. The van der Waals surface area contributed by atoms with Gasteiger partial charge in [0.1, 0.15) is 0 Å². The van der Waals surface area contributed by atoms with Gasteiger partial charge in [0.2, 0.25) is 5.91 Å². The maximum Gasteiger partial charge on any atom is 0.226 e. The van der Waals surface area contributed by atoms with E-state index >= 15 is 0 Å². The average molecular weight is 212 g/mol. The van der Waals surface area contributed by atoms with Gasteiger partial charge in [0, 0.05) is 5.69 Å². The Morgan fingerprint density at radius 2 is 2.07 bits per heavy atom. The van der Waals surface area contributed by atoms with Crippen molar-refractivity contribution in [3.63, 3.8) is 0 Å². The minimum atomic E-state index is -0.847. The molecule has 1 atom stereocenters. The van der Waals surface area contributed by atoms with Crippen LogP contribution in [-0.2, 0) is 4.79 Å². The smallest absolute Gasteiger partial charge is 0.226 e. The van der Waals surface area contributed by atoms with Crippen LogP contribution in [0.1, 0.15) is 27.1 Å². The molecule has 0 aliphatic rings. The maximum atomic E-state index is 11.7. The molecular weight excluding hydrogens is 190 g/mol. The van der Waals surface area contributed by atoms with E-state index in [0.29, 0.717) is 0 Å². The lowest BCUT2D eigenvalue weighted by Crippen LogP contribution is -2.23. The number of amides is 1. The number of nitrogens with one attached hydrogen (secondary N) is 1. The third-order valence-corrected chi connectivity index (χ3v) is 1.93. The van der Waals surface area contributed by atoms with Crippen molar-refractivity contribution in [2.75, 3.05) is 5.32 Å². The van der Waals surface area contributed by atoms with Crippen molar-refractivity contribution in [2.24, 2.45) is 5.92 Å². The molecule has 82 valence electrons. The summed E-state index contributed by atoms with van der Waals surface area (Å²) in [5.74, 6) is -0.703. The van der Waals surface area contributed by atoms with Crippen LogP contribution in [0.4, 0.5) is 5.69 Å². The molecule has 1 aromatic carbocycles. The summed E-state index contributed by atoms with van der Waals surface area (Å²) in [5.41, 5.74) is -0.267. The van der Waals surface area contributed by atoms with E-state index in [2.05, 4.69) is 5.32 Å². The van der Waals surface area contributed by atoms with Gasteiger partial charge in [-0.3, -0.25) is 4.79 Å². The van der Waals surface area contributed by atoms with Crippen molar-refractivity contribution in [1.29, 1.82) is 0 Å². The topological polar surface area (TPSA) is 49.3 Å². The number of para-hydroxylation sites is 1. The highest BCUT2D eigenvalue weighted by Crippen LogP contribution is 2.09. The third-order valence-electron chi connectivity index (χ3n) is 1.93. The molecule has 0 radical (unpaired) electrons. The number of rotatable bonds is 4. The molecule has 15 heavy (non-hydrogen) atoms. The minimum Gasteiger partial charge on any atom is -0.392 e. The first kappa shape index (κ1) is 6.28. The van der Waals surface area contributed by atoms with Gasteiger partial charge in [-0.15, -0.1) is 0 Å². The molecule has 0 spiro atoms. The summed E-state index contributed by atoms with van der Waals surface area (Å²) in [6.07, 6.45) is -1.04. The van der Waals surface area contributed by atoms with Gasteiger partial charge in [0.05, 0.1) is 19.4 Å². The fraction of sp³-hybridized carbons (Fsp3) is 0.417. The number of hydrogen-bond donors (Lipinski definition) is 2. The Morgan fingerprint density at radius 3 is 2.60 bits per heavy atom. The third kappa shape index (κ3) is 4.13. The highest BCUT2D eigenvalue weighted by molar-refractivity contribution is 5.90. The Morgan fingerprint density at radius 1 is 1.47 bits per heavy atom. The fourth-order valence-electron chi connectivity index (χ4n) is 0.929. The van der Waals surface area contributed by atoms with Crippen LogP contribution in [0.3, 0.4) is 0 Å². The van der Waals surface area contributed by atoms with Gasteiger partial charge < -0.3 is 10.4 Å². The Hall–Kier alpha value is -1.35. The van der Waals surface area contributed by atoms with E-state index < -0.39 is 42.2 Å². The predicted molar refractivity (Wildman–Crippen MR) is 60.5 cm³/mol.